The molecule has 2 heterocycles. The molecule has 146 valence electrons. The van der Waals surface area contributed by atoms with Crippen molar-refractivity contribution in [1.29, 1.82) is 0 Å². The average molecular weight is 398 g/mol. The van der Waals surface area contributed by atoms with E-state index in [1.54, 1.807) is 37.6 Å². The Kier molecular flexibility index (Phi) is 6.20. The highest BCUT2D eigenvalue weighted by molar-refractivity contribution is 7.18. The van der Waals surface area contributed by atoms with Crippen molar-refractivity contribution in [3.63, 3.8) is 0 Å². The number of amides is 1. The Morgan fingerprint density at radius 1 is 1.14 bits per heavy atom. The molecule has 3 aromatic rings. The minimum atomic E-state index is -0.0592. The van der Waals surface area contributed by atoms with E-state index >= 15 is 0 Å². The Morgan fingerprint density at radius 3 is 2.57 bits per heavy atom. The van der Waals surface area contributed by atoms with Gasteiger partial charge in [-0.05, 0) is 43.7 Å². The number of methoxy groups -OCH3 is 2. The van der Waals surface area contributed by atoms with Crippen LogP contribution in [0.2, 0.25) is 0 Å². The zero-order valence-electron chi connectivity index (χ0n) is 16.2. The van der Waals surface area contributed by atoms with Crippen molar-refractivity contribution in [1.82, 2.24) is 15.2 Å². The van der Waals surface area contributed by atoms with E-state index in [-0.39, 0.29) is 18.4 Å². The normalized spacial score (nSPS) is 10.8. The van der Waals surface area contributed by atoms with Gasteiger partial charge in [0.25, 0.3) is 0 Å². The summed E-state index contributed by atoms with van der Waals surface area (Å²) in [5.41, 5.74) is 1.72. The maximum atomic E-state index is 13.0. The number of rotatable bonds is 7. The number of aromatic nitrogens is 3. The fraction of sp³-hybridized carbons (Fsp3) is 0.300. The van der Waals surface area contributed by atoms with Crippen molar-refractivity contribution in [3.8, 4) is 22.1 Å². The zero-order chi connectivity index (χ0) is 20.1. The number of hydrogen-bond acceptors (Lipinski definition) is 7. The van der Waals surface area contributed by atoms with Gasteiger partial charge < -0.3 is 9.47 Å². The lowest BCUT2D eigenvalue weighted by atomic mass is 10.1. The molecule has 28 heavy (non-hydrogen) atoms. The maximum absolute atomic E-state index is 13.0. The molecule has 0 aliphatic heterocycles. The first-order valence-electron chi connectivity index (χ1n) is 8.80. The van der Waals surface area contributed by atoms with Gasteiger partial charge in [0.2, 0.25) is 11.0 Å². The number of benzene rings is 1. The Morgan fingerprint density at radius 2 is 1.93 bits per heavy atom. The highest BCUT2D eigenvalue weighted by Gasteiger charge is 2.24. The molecule has 0 aliphatic carbocycles. The number of hydrogen-bond donors (Lipinski definition) is 0. The van der Waals surface area contributed by atoms with Crippen molar-refractivity contribution in [3.05, 3.63) is 48.3 Å². The van der Waals surface area contributed by atoms with Crippen molar-refractivity contribution in [2.24, 2.45) is 0 Å². The van der Waals surface area contributed by atoms with Gasteiger partial charge in [0, 0.05) is 24.0 Å². The first-order chi connectivity index (χ1) is 13.5. The molecule has 0 fully saturated rings. The van der Waals surface area contributed by atoms with Gasteiger partial charge in [-0.1, -0.05) is 17.4 Å². The first-order valence-corrected chi connectivity index (χ1v) is 9.62. The van der Waals surface area contributed by atoms with Gasteiger partial charge in [-0.2, -0.15) is 0 Å². The summed E-state index contributed by atoms with van der Waals surface area (Å²) in [7, 11) is 3.16. The van der Waals surface area contributed by atoms with E-state index in [0.717, 1.165) is 16.1 Å². The molecule has 0 saturated carbocycles. The van der Waals surface area contributed by atoms with Crippen LogP contribution in [0.5, 0.6) is 11.5 Å². The summed E-state index contributed by atoms with van der Waals surface area (Å²) in [4.78, 5) is 18.8. The highest BCUT2D eigenvalue weighted by Crippen LogP contribution is 2.31. The lowest BCUT2D eigenvalue weighted by Gasteiger charge is -2.23. The van der Waals surface area contributed by atoms with Crippen LogP contribution in [0.25, 0.3) is 10.6 Å². The number of nitrogens with zero attached hydrogens (tertiary/aromatic N) is 4. The number of carbonyl (C=O) groups excluding carboxylic acids is 1. The molecule has 7 nitrogen and oxygen atoms in total. The van der Waals surface area contributed by atoms with Crippen molar-refractivity contribution >= 4 is 22.4 Å². The molecule has 0 spiro atoms. The van der Waals surface area contributed by atoms with Crippen molar-refractivity contribution < 1.29 is 14.3 Å². The third kappa shape index (κ3) is 4.28. The van der Waals surface area contributed by atoms with Crippen molar-refractivity contribution in [2.45, 2.75) is 26.3 Å². The molecule has 0 bridgehead atoms. The van der Waals surface area contributed by atoms with Gasteiger partial charge in [0.05, 0.1) is 20.6 Å². The Hall–Kier alpha value is -3.00. The standard InChI is InChI=1S/C20H22N4O3S/c1-13(2)24(20-23-22-19(28-20)15-6-5-9-21-12-15)18(25)11-14-7-8-16(26-3)17(10-14)27-4/h5-10,12-13H,11H2,1-4H3. The van der Waals surface area contributed by atoms with Gasteiger partial charge in [-0.3, -0.25) is 14.7 Å². The predicted octanol–water partition coefficient (Wildman–Crippen LogP) is 3.60. The summed E-state index contributed by atoms with van der Waals surface area (Å²) in [6.07, 6.45) is 3.66. The Bertz CT molecular complexity index is 944. The lowest BCUT2D eigenvalue weighted by Crippen LogP contribution is -2.38. The molecule has 3 rings (SSSR count). The first kappa shape index (κ1) is 19.8. The van der Waals surface area contributed by atoms with Crippen LogP contribution in [0, 0.1) is 0 Å². The van der Waals surface area contributed by atoms with Crippen molar-refractivity contribution in [2.75, 3.05) is 19.1 Å². The Balaban J connectivity index is 1.83. The minimum Gasteiger partial charge on any atom is -0.493 e. The van der Waals surface area contributed by atoms with Crippen LogP contribution < -0.4 is 14.4 Å². The SMILES string of the molecule is COc1ccc(CC(=O)N(c2nnc(-c3cccnc3)s2)C(C)C)cc1OC. The van der Waals surface area contributed by atoms with Crippen LogP contribution in [-0.4, -0.2) is 41.3 Å². The minimum absolute atomic E-state index is 0.0534. The van der Waals surface area contributed by atoms with E-state index in [4.69, 9.17) is 9.47 Å². The second kappa shape index (κ2) is 8.79. The quantitative estimate of drug-likeness (QED) is 0.605. The third-order valence-corrected chi connectivity index (χ3v) is 5.09. The topological polar surface area (TPSA) is 77.4 Å². The molecule has 0 N–H and O–H groups in total. The molecule has 0 unspecified atom stereocenters. The molecule has 0 aliphatic rings. The van der Waals surface area contributed by atoms with Crippen LogP contribution in [-0.2, 0) is 11.2 Å². The molecular formula is C20H22N4O3S. The Labute approximate surface area is 168 Å². The zero-order valence-corrected chi connectivity index (χ0v) is 17.1. The fourth-order valence-electron chi connectivity index (χ4n) is 2.78. The fourth-order valence-corrected chi connectivity index (χ4v) is 3.77. The van der Waals surface area contributed by atoms with E-state index < -0.39 is 0 Å². The van der Waals surface area contributed by atoms with E-state index in [9.17, 15) is 4.79 Å². The van der Waals surface area contributed by atoms with E-state index in [1.807, 2.05) is 38.1 Å². The summed E-state index contributed by atoms with van der Waals surface area (Å²) in [6, 6.07) is 9.19. The summed E-state index contributed by atoms with van der Waals surface area (Å²) in [5.74, 6) is 1.17. The average Bonchev–Trinajstić information content (AvgIpc) is 3.17. The van der Waals surface area contributed by atoms with Crippen LogP contribution in [0.4, 0.5) is 5.13 Å². The van der Waals surface area contributed by atoms with E-state index in [2.05, 4.69) is 15.2 Å². The second-order valence-electron chi connectivity index (χ2n) is 6.36. The summed E-state index contributed by atoms with van der Waals surface area (Å²) >= 11 is 1.37. The van der Waals surface area contributed by atoms with E-state index in [1.165, 1.54) is 11.3 Å². The highest BCUT2D eigenvalue weighted by atomic mass is 32.1. The van der Waals surface area contributed by atoms with Gasteiger partial charge in [0.1, 0.15) is 0 Å². The molecule has 0 atom stereocenters. The third-order valence-electron chi connectivity index (χ3n) is 4.12. The van der Waals surface area contributed by atoms with E-state index in [0.29, 0.717) is 16.6 Å². The molecular weight excluding hydrogens is 376 g/mol. The second-order valence-corrected chi connectivity index (χ2v) is 7.31. The lowest BCUT2D eigenvalue weighted by molar-refractivity contribution is -0.118. The number of ether oxygens (including phenoxy) is 2. The molecule has 0 radical (unpaired) electrons. The summed E-state index contributed by atoms with van der Waals surface area (Å²) < 4.78 is 10.6. The number of anilines is 1. The van der Waals surface area contributed by atoms with Crippen LogP contribution >= 0.6 is 11.3 Å². The number of pyridine rings is 1. The molecule has 8 heteroatoms. The van der Waals surface area contributed by atoms with Gasteiger partial charge >= 0.3 is 0 Å². The predicted molar refractivity (Wildman–Crippen MR) is 109 cm³/mol. The van der Waals surface area contributed by atoms with Crippen LogP contribution in [0.3, 0.4) is 0 Å². The molecule has 2 aromatic heterocycles. The number of carbonyl (C=O) groups is 1. The van der Waals surface area contributed by atoms with Gasteiger partial charge in [0.15, 0.2) is 16.5 Å². The summed E-state index contributed by atoms with van der Waals surface area (Å²) in [6.45, 7) is 3.91. The monoisotopic (exact) mass is 398 g/mol. The summed E-state index contributed by atoms with van der Waals surface area (Å²) in [5, 5.41) is 9.76. The largest absolute Gasteiger partial charge is 0.493 e. The van der Waals surface area contributed by atoms with Gasteiger partial charge in [-0.15, -0.1) is 10.2 Å². The van der Waals surface area contributed by atoms with Gasteiger partial charge in [-0.25, -0.2) is 0 Å². The van der Waals surface area contributed by atoms with Crippen LogP contribution in [0.1, 0.15) is 19.4 Å². The van der Waals surface area contributed by atoms with Crippen LogP contribution in [0.15, 0.2) is 42.7 Å². The molecule has 0 saturated heterocycles. The maximum Gasteiger partial charge on any atom is 0.233 e. The molecule has 1 amide bonds. The molecule has 1 aromatic carbocycles. The smallest absolute Gasteiger partial charge is 0.233 e.